The van der Waals surface area contributed by atoms with Gasteiger partial charge in [-0.3, -0.25) is 0 Å². The van der Waals surface area contributed by atoms with Gasteiger partial charge in [-0.2, -0.15) is 0 Å². The maximum absolute atomic E-state index is 4.13. The minimum atomic E-state index is 0. The average Bonchev–Trinajstić information content (AvgIpc) is 1.00. The van der Waals surface area contributed by atoms with Crippen molar-refractivity contribution in [3.05, 3.63) is 0 Å². The molecule has 0 saturated heterocycles. The summed E-state index contributed by atoms with van der Waals surface area (Å²) < 4.78 is 0. The van der Waals surface area contributed by atoms with E-state index in [4.69, 9.17) is 0 Å². The van der Waals surface area contributed by atoms with Crippen LogP contribution in [-0.4, -0.2) is 21.1 Å². The van der Waals surface area contributed by atoms with Crippen molar-refractivity contribution >= 4 is 70.7 Å². The van der Waals surface area contributed by atoms with Crippen LogP contribution in [0.1, 0.15) is 0 Å². The van der Waals surface area contributed by atoms with E-state index in [0.29, 0.717) is 0 Å². The fourth-order valence-corrected chi connectivity index (χ4v) is 0. The first-order chi connectivity index (χ1) is 1.00. The Morgan fingerprint density at radius 2 is 0.625 bits per heavy atom. The van der Waals surface area contributed by atoms with Gasteiger partial charge in [0.25, 0.3) is 0 Å². The van der Waals surface area contributed by atoms with Crippen LogP contribution in [-0.2, 0) is 40.5 Å². The minimum absolute atomic E-state index is 0. The second-order valence-electron chi connectivity index (χ2n) is 0. The summed E-state index contributed by atoms with van der Waals surface area (Å²) >= 11 is 1.33. The Balaban J connectivity index is -0.000000000333. The van der Waals surface area contributed by atoms with Crippen molar-refractivity contribution in [2.24, 2.45) is 0 Å². The van der Waals surface area contributed by atoms with Gasteiger partial charge in [0.05, 0.1) is 0 Å². The Hall–Kier alpha value is 5.09. The molecule has 8 heteroatoms. The van der Waals surface area contributed by atoms with Gasteiger partial charge in [0.15, 0.2) is 0 Å². The van der Waals surface area contributed by atoms with Crippen molar-refractivity contribution in [1.82, 2.24) is 0 Å². The van der Waals surface area contributed by atoms with Gasteiger partial charge in [-0.15, -0.1) is 0 Å². The summed E-state index contributed by atoms with van der Waals surface area (Å²) in [6.45, 7) is 0. The Kier molecular flexibility index (Phi) is 370. The predicted octanol–water partition coefficient (Wildman–Crippen LogP) is -9.53. The van der Waals surface area contributed by atoms with E-state index in [9.17, 15) is 0 Å². The Morgan fingerprint density at radius 1 is 0.625 bits per heavy atom. The number of rotatable bonds is 0. The fourth-order valence-electron chi connectivity index (χ4n) is 0. The quantitative estimate of drug-likeness (QED) is 0.247. The molecule has 0 aliphatic carbocycles. The van der Waals surface area contributed by atoms with Gasteiger partial charge < -0.3 is 40.5 Å². The Bertz CT molecular complexity index is 11.2. The van der Waals surface area contributed by atoms with E-state index in [1.54, 1.807) is 0 Å². The zero-order valence-corrected chi connectivity index (χ0v) is 17.2. The second-order valence-corrected chi connectivity index (χ2v) is 0. The van der Waals surface area contributed by atoms with E-state index in [0.717, 1.165) is 0 Å². The molecule has 0 heterocycles. The molecule has 0 nitrogen and oxygen atoms in total. The molecule has 35 valence electrons. The molecule has 0 spiro atoms. The van der Waals surface area contributed by atoms with Crippen molar-refractivity contribution < 1.29 is 88.7 Å². The van der Waals surface area contributed by atoms with Crippen LogP contribution >= 0.6 is 9.19 Å². The second kappa shape index (κ2) is 57.4. The van der Waals surface area contributed by atoms with Crippen molar-refractivity contribution in [2.75, 3.05) is 0 Å². The summed E-state index contributed by atoms with van der Waals surface area (Å²) in [7, 11) is 4.13. The first-order valence-corrected chi connectivity index (χ1v) is 3.67. The van der Waals surface area contributed by atoms with E-state index < -0.39 is 0 Å². The van der Waals surface area contributed by atoms with Crippen molar-refractivity contribution in [3.63, 3.8) is 0 Å². The van der Waals surface area contributed by atoms with Gasteiger partial charge in [0.1, 0.15) is 0 Å². The topological polar surface area (TPSA) is 0 Å². The molecule has 0 amide bonds. The van der Waals surface area contributed by atoms with Crippen LogP contribution in [0.2, 0.25) is 0 Å². The first-order valence-electron chi connectivity index (χ1n) is 0.183. The third-order valence-electron chi connectivity index (χ3n) is 0. The monoisotopic (exact) mass is 321 g/mol. The number of hydrogen-bond acceptors (Lipinski definition) is 4. The zero-order chi connectivity index (χ0) is 2.00. The molecule has 0 unspecified atom stereocenters. The fraction of sp³-hybridized carbons (Fsp3) is 0. The third-order valence-corrected chi connectivity index (χ3v) is 0. The molecule has 0 atom stereocenters. The van der Waals surface area contributed by atoms with E-state index in [1.165, 1.54) is 21.1 Å². The number of hydrogen-bond donors (Lipinski definition) is 0. The SMILES string of the molecule is [Na+].[Na+].[Na+].[SH-].[SH-].[SH-].[S]=[Sb]. The van der Waals surface area contributed by atoms with Gasteiger partial charge in [0.2, 0.25) is 0 Å². The molecule has 8 heavy (non-hydrogen) atoms. The standard InChI is InChI=1S/3Na.3H2S.S.Sb/h;;;3*1H2;;/q3*+1;;;;;/p-3. The van der Waals surface area contributed by atoms with Crippen LogP contribution in [0, 0.1) is 0 Å². The van der Waals surface area contributed by atoms with Gasteiger partial charge in [-0.25, -0.2) is 0 Å². The summed E-state index contributed by atoms with van der Waals surface area (Å²) in [6.07, 6.45) is 0. The van der Waals surface area contributed by atoms with E-state index in [1.807, 2.05) is 0 Å². The van der Waals surface area contributed by atoms with Crippen LogP contribution in [0.25, 0.3) is 0 Å². The van der Waals surface area contributed by atoms with E-state index in [-0.39, 0.29) is 129 Å². The molecular formula is H3Na3S4Sb. The van der Waals surface area contributed by atoms with Crippen LogP contribution < -0.4 is 88.7 Å². The summed E-state index contributed by atoms with van der Waals surface area (Å²) in [5.74, 6) is 0. The van der Waals surface area contributed by atoms with Crippen LogP contribution in [0.5, 0.6) is 0 Å². The normalized spacial score (nSPS) is 0.500. The number of thiol groups is 3. The molecule has 0 aromatic heterocycles. The first kappa shape index (κ1) is 51.6. The molecule has 0 aliphatic heterocycles. The molecule has 0 N–H and O–H groups in total. The van der Waals surface area contributed by atoms with Crippen molar-refractivity contribution in [3.8, 4) is 0 Å². The van der Waals surface area contributed by atoms with E-state index >= 15 is 0 Å². The molecule has 1 radical (unpaired) electrons. The third kappa shape index (κ3) is 43.6. The molecule has 0 aromatic rings. The van der Waals surface area contributed by atoms with Crippen LogP contribution in [0.3, 0.4) is 0 Å². The van der Waals surface area contributed by atoms with Crippen LogP contribution in [0.4, 0.5) is 0 Å². The van der Waals surface area contributed by atoms with Gasteiger partial charge >= 0.3 is 119 Å². The Morgan fingerprint density at radius 3 is 0.625 bits per heavy atom. The molecule has 0 saturated carbocycles. The molecule has 0 aliphatic rings. The average molecular weight is 322 g/mol. The molecule has 0 bridgehead atoms. The molecule has 0 aromatic carbocycles. The summed E-state index contributed by atoms with van der Waals surface area (Å²) in [4.78, 5) is 0. The van der Waals surface area contributed by atoms with Crippen LogP contribution in [0.15, 0.2) is 0 Å². The zero-order valence-electron chi connectivity index (χ0n) is 5.20. The van der Waals surface area contributed by atoms with Gasteiger partial charge in [0, 0.05) is 0 Å². The van der Waals surface area contributed by atoms with Gasteiger partial charge in [-0.05, 0) is 0 Å². The van der Waals surface area contributed by atoms with Gasteiger partial charge in [-0.1, -0.05) is 0 Å². The maximum atomic E-state index is 4.13. The molecule has 0 fully saturated rings. The summed E-state index contributed by atoms with van der Waals surface area (Å²) in [6, 6.07) is 0. The predicted molar refractivity (Wildman–Crippen MR) is 39.6 cm³/mol. The molecular weight excluding hydrogens is 319 g/mol. The van der Waals surface area contributed by atoms with E-state index in [2.05, 4.69) is 9.19 Å². The summed E-state index contributed by atoms with van der Waals surface area (Å²) in [5, 5.41) is 0. The van der Waals surface area contributed by atoms with Crippen molar-refractivity contribution in [1.29, 1.82) is 0 Å². The Labute approximate surface area is 155 Å². The molecule has 0 rings (SSSR count). The van der Waals surface area contributed by atoms with Crippen molar-refractivity contribution in [2.45, 2.75) is 0 Å². The summed E-state index contributed by atoms with van der Waals surface area (Å²) in [5.41, 5.74) is 0.